The van der Waals surface area contributed by atoms with Crippen LogP contribution in [0.25, 0.3) is 77.5 Å². The third-order valence-electron chi connectivity index (χ3n) is 18.5. The van der Waals surface area contributed by atoms with E-state index in [1.54, 1.807) is 69.8 Å². The van der Waals surface area contributed by atoms with E-state index in [0.717, 1.165) is 105 Å². The second-order valence-electron chi connectivity index (χ2n) is 33.5. The molecular weight excluding hydrogens is 1600 g/mol. The number of H-pyrrole nitrogens is 1. The van der Waals surface area contributed by atoms with Gasteiger partial charge in [-0.25, -0.2) is 0 Å². The summed E-state index contributed by atoms with van der Waals surface area (Å²) in [6.45, 7) is 34.6. The quantitative estimate of drug-likeness (QED) is 0.0493. The zero-order valence-electron chi connectivity index (χ0n) is 69.1. The van der Waals surface area contributed by atoms with Crippen molar-refractivity contribution in [2.45, 2.75) is 160 Å². The van der Waals surface area contributed by atoms with Crippen molar-refractivity contribution in [2.75, 3.05) is 19.8 Å². The molecule has 3 atom stereocenters. The summed E-state index contributed by atoms with van der Waals surface area (Å²) in [5.74, 6) is -0.598. The minimum absolute atomic E-state index is 0.0388. The number of benzene rings is 9. The highest BCUT2D eigenvalue weighted by Crippen LogP contribution is 2.45. The fraction of sp³-hybridized carbons (Fsp3) is 0.309. The Morgan fingerprint density at radius 3 is 1.00 bits per heavy atom. The maximum atomic E-state index is 13.2. The summed E-state index contributed by atoms with van der Waals surface area (Å²) in [6, 6.07) is 59.5. The molecule has 0 aliphatic rings. The van der Waals surface area contributed by atoms with Gasteiger partial charge in [-0.3, -0.25) is 33.1 Å². The number of ether oxygens (including phenoxy) is 5. The number of aliphatic hydroxyl groups is 1. The maximum absolute atomic E-state index is 13.2. The molecular formula is C94H100BCl6N3O13. The first kappa shape index (κ1) is 92.0. The highest BCUT2D eigenvalue weighted by Gasteiger charge is 2.34. The van der Waals surface area contributed by atoms with Gasteiger partial charge in [-0.1, -0.05) is 118 Å². The molecule has 0 amide bonds. The zero-order chi connectivity index (χ0) is 86.1. The lowest BCUT2D eigenvalue weighted by molar-refractivity contribution is -0.162. The minimum atomic E-state index is -1.41. The molecule has 23 heteroatoms. The first-order chi connectivity index (χ1) is 54.7. The summed E-state index contributed by atoms with van der Waals surface area (Å²) in [6.07, 6.45) is -1.64. The van der Waals surface area contributed by atoms with Gasteiger partial charge in [-0.2, -0.15) is 0 Å². The van der Waals surface area contributed by atoms with E-state index in [4.69, 9.17) is 103 Å². The molecule has 0 saturated heterocycles. The van der Waals surface area contributed by atoms with E-state index in [-0.39, 0.29) is 48.4 Å². The molecule has 12 rings (SSSR count). The molecule has 0 fully saturated rings. The molecule has 0 aliphatic heterocycles. The van der Waals surface area contributed by atoms with Crippen LogP contribution in [0.4, 0.5) is 0 Å². The largest absolute Gasteiger partial charge is 0.488 e. The highest BCUT2D eigenvalue weighted by molar-refractivity contribution is 6.58. The average molecular weight is 1700 g/mol. The molecule has 0 radical (unpaired) electrons. The van der Waals surface area contributed by atoms with Crippen LogP contribution in [0.3, 0.4) is 0 Å². The molecule has 9 aromatic carbocycles. The predicted octanol–water partition coefficient (Wildman–Crippen LogP) is 22.5. The Hall–Kier alpha value is -8.89. The summed E-state index contributed by atoms with van der Waals surface area (Å²) in [5, 5.41) is 33.8. The van der Waals surface area contributed by atoms with Gasteiger partial charge >= 0.3 is 19.1 Å². The Morgan fingerprint density at radius 2 is 0.684 bits per heavy atom. The number of aryl methyl sites for hydroxylation is 3. The molecule has 117 heavy (non-hydrogen) atoms. The Bertz CT molecular complexity index is 5700. The molecule has 0 saturated carbocycles. The van der Waals surface area contributed by atoms with Crippen LogP contribution in [-0.2, 0) is 33.3 Å². The first-order valence-electron chi connectivity index (χ1n) is 38.2. The molecule has 3 aromatic heterocycles. The number of esters is 2. The van der Waals surface area contributed by atoms with Crippen LogP contribution in [0.1, 0.15) is 156 Å². The van der Waals surface area contributed by atoms with Gasteiger partial charge in [0.25, 0.3) is 11.1 Å². The van der Waals surface area contributed by atoms with Crippen LogP contribution >= 0.6 is 69.6 Å². The molecule has 0 bridgehead atoms. The number of carbonyl (C=O) groups excluding carboxylic acids is 2. The van der Waals surface area contributed by atoms with Gasteiger partial charge in [0.2, 0.25) is 5.56 Å². The van der Waals surface area contributed by atoms with Crippen molar-refractivity contribution in [3.8, 4) is 44.8 Å². The van der Waals surface area contributed by atoms with Gasteiger partial charge in [-0.05, 0) is 330 Å². The van der Waals surface area contributed by atoms with Crippen LogP contribution in [0, 0.1) is 31.6 Å². The smallest absolute Gasteiger partial charge is 0.462 e. The topological polar surface area (TPSA) is 218 Å². The lowest BCUT2D eigenvalue weighted by Crippen LogP contribution is -2.30. The maximum Gasteiger partial charge on any atom is 0.488 e. The number of halogens is 6. The number of aromatic nitrogens is 3. The third-order valence-corrected chi connectivity index (χ3v) is 20.0. The van der Waals surface area contributed by atoms with E-state index >= 15 is 0 Å². The molecule has 0 unspecified atom stereocenters. The van der Waals surface area contributed by atoms with E-state index in [2.05, 4.69) is 4.98 Å². The predicted molar refractivity (Wildman–Crippen MR) is 479 cm³/mol. The van der Waals surface area contributed by atoms with Crippen LogP contribution in [0.15, 0.2) is 215 Å². The van der Waals surface area contributed by atoms with Crippen LogP contribution in [-0.4, -0.2) is 85.0 Å². The summed E-state index contributed by atoms with van der Waals surface area (Å²) in [4.78, 5) is 66.5. The lowest BCUT2D eigenvalue weighted by Gasteiger charge is -2.31. The second kappa shape index (κ2) is 38.4. The Morgan fingerprint density at radius 1 is 0.393 bits per heavy atom. The molecule has 12 aromatic rings. The van der Waals surface area contributed by atoms with Gasteiger partial charge in [-0.15, -0.1) is 0 Å². The fourth-order valence-electron chi connectivity index (χ4n) is 13.5. The summed E-state index contributed by atoms with van der Waals surface area (Å²) < 4.78 is 34.2. The van der Waals surface area contributed by atoms with Gasteiger partial charge in [0.15, 0.2) is 0 Å². The van der Waals surface area contributed by atoms with Crippen LogP contribution in [0.2, 0.25) is 30.1 Å². The summed E-state index contributed by atoms with van der Waals surface area (Å²) in [7, 11) is -1.41. The number of carbonyl (C=O) groups is 2. The molecule has 614 valence electrons. The van der Waals surface area contributed by atoms with Crippen molar-refractivity contribution in [1.82, 2.24) is 14.1 Å². The summed E-state index contributed by atoms with van der Waals surface area (Å²) in [5.41, 5.74) is 11.7. The van der Waals surface area contributed by atoms with E-state index in [9.17, 15) is 29.1 Å². The van der Waals surface area contributed by atoms with Crippen LogP contribution in [0.5, 0.6) is 0 Å². The normalized spacial score (nSPS) is 12.7. The van der Waals surface area contributed by atoms with Gasteiger partial charge in [0, 0.05) is 81.4 Å². The van der Waals surface area contributed by atoms with Crippen molar-refractivity contribution in [1.29, 1.82) is 0 Å². The zero-order valence-corrected chi connectivity index (χ0v) is 73.6. The Balaban J connectivity index is 0.000000189. The van der Waals surface area contributed by atoms with E-state index in [0.29, 0.717) is 41.3 Å². The van der Waals surface area contributed by atoms with Crippen molar-refractivity contribution in [2.24, 2.45) is 10.8 Å². The van der Waals surface area contributed by atoms with Gasteiger partial charge < -0.3 is 43.8 Å². The number of pyridine rings is 3. The number of aromatic amines is 1. The average Bonchev–Trinajstić information content (AvgIpc) is 0.754. The number of rotatable bonds is 17. The highest BCUT2D eigenvalue weighted by atomic mass is 35.5. The van der Waals surface area contributed by atoms with E-state index in [1.165, 1.54) is 6.07 Å². The van der Waals surface area contributed by atoms with E-state index in [1.807, 2.05) is 258 Å². The monoisotopic (exact) mass is 1700 g/mol. The lowest BCUT2D eigenvalue weighted by atomic mass is 9.81. The standard InChI is InChI=1S/C33H35Cl2NO4.C28H27Cl2NO3.C27H32ClNO4.C6H6BClO2/c1-20-18-26-25(16-17-28(37)36(26)24-14-12-23(35)13-15-24)30(21-8-10-22(34)11-9-21)29(20)27(40-33(5,6)7)19-39-31(38)32(2,3)4;1-17-15-23-22(13-14-25(33)31(23)21-11-9-20(30)10-12-21)27(18-5-7-19(29)8-6-18)26(17)24(16-32)34-28(2,3)4;1-16-14-20-19(12-13-22(30)29-20)24(17-8-10-18(28)11-9-17)23(16)21(33-27(5,6)7)15-32-25(31)26(2,3)4;8-6-3-1-5(2-4-6)7(9)10/h8-18,27H,19H2,1-7H3;5-15,24,32H,16H2,1-4H3;8-14,21H,15H2,1-7H3,(H,29,30);1-4,9-10H/t27-;24-;21-;/m111./s1. The van der Waals surface area contributed by atoms with Crippen LogP contribution < -0.4 is 22.1 Å². The Kier molecular flexibility index (Phi) is 30.2. The number of aliphatic hydroxyl groups excluding tert-OH is 1. The van der Waals surface area contributed by atoms with Crippen molar-refractivity contribution in [3.05, 3.63) is 295 Å². The molecule has 0 spiro atoms. The van der Waals surface area contributed by atoms with Crippen molar-refractivity contribution in [3.63, 3.8) is 0 Å². The third kappa shape index (κ3) is 24.2. The van der Waals surface area contributed by atoms with Crippen molar-refractivity contribution < 1.29 is 48.4 Å². The number of fused-ring (bicyclic) bond motifs is 3. The van der Waals surface area contributed by atoms with Gasteiger partial charge in [0.05, 0.1) is 45.3 Å². The Labute approximate surface area is 714 Å². The number of nitrogens with zero attached hydrogens (tertiary/aromatic N) is 2. The first-order valence-corrected chi connectivity index (χ1v) is 40.4. The molecule has 4 N–H and O–H groups in total. The second-order valence-corrected chi connectivity index (χ2v) is 36.2. The number of nitrogens with one attached hydrogen (secondary N) is 1. The summed E-state index contributed by atoms with van der Waals surface area (Å²) >= 11 is 36.4. The SMILES string of the molecule is Cc1cc2[nH]c(=O)ccc2c(-c2ccc(Cl)cc2)c1[C@@H](COC(=O)C(C)(C)C)OC(C)(C)C.Cc1cc2c(ccc(=O)n2-c2ccc(Cl)cc2)c(-c2ccc(Cl)cc2)c1[C@@H](CO)OC(C)(C)C.Cc1cc2c(ccc(=O)n2-c2ccc(Cl)cc2)c(-c2ccc(Cl)cc2)c1[C@@H](COC(=O)C(C)(C)C)OC(C)(C)C.OB(O)c1ccc(Cl)cc1. The minimum Gasteiger partial charge on any atom is -0.462 e. The fourth-order valence-corrected chi connectivity index (χ4v) is 14.2. The number of hydrogen-bond donors (Lipinski definition) is 4. The van der Waals surface area contributed by atoms with Gasteiger partial charge in [0.1, 0.15) is 31.5 Å². The molecule has 16 nitrogen and oxygen atoms in total. The molecule has 0 aliphatic carbocycles. The van der Waals surface area contributed by atoms with E-state index < -0.39 is 53.1 Å². The molecule has 3 heterocycles. The number of hydrogen-bond acceptors (Lipinski definition) is 13. The van der Waals surface area contributed by atoms with Crippen molar-refractivity contribution >= 4 is 127 Å².